The summed E-state index contributed by atoms with van der Waals surface area (Å²) < 4.78 is 27.4. The molecule has 27 heavy (non-hydrogen) atoms. The molecule has 3 rings (SSSR count). The van der Waals surface area contributed by atoms with Crippen molar-refractivity contribution in [3.63, 3.8) is 0 Å². The summed E-state index contributed by atoms with van der Waals surface area (Å²) in [5.41, 5.74) is 2.56. The summed E-state index contributed by atoms with van der Waals surface area (Å²) in [6.45, 7) is 5.14. The number of aromatic nitrogens is 2. The largest absolute Gasteiger partial charge is 0.321 e. The van der Waals surface area contributed by atoms with Gasteiger partial charge in [0.15, 0.2) is 5.69 Å². The summed E-state index contributed by atoms with van der Waals surface area (Å²) in [6.07, 6.45) is 1.48. The number of hydrogen-bond acceptors (Lipinski definition) is 5. The van der Waals surface area contributed by atoms with Crippen LogP contribution in [0.15, 0.2) is 29.2 Å². The van der Waals surface area contributed by atoms with E-state index in [1.54, 1.807) is 19.1 Å². The first kappa shape index (κ1) is 21.4. The molecule has 1 unspecified atom stereocenters. The highest BCUT2D eigenvalue weighted by atomic mass is 35.5. The zero-order valence-electron chi connectivity index (χ0n) is 15.2. The van der Waals surface area contributed by atoms with Gasteiger partial charge in [0.05, 0.1) is 4.90 Å². The lowest BCUT2D eigenvalue weighted by molar-refractivity contribution is 0.102. The monoisotopic (exact) mass is 413 g/mol. The van der Waals surface area contributed by atoms with Crippen LogP contribution in [0.25, 0.3) is 0 Å². The summed E-state index contributed by atoms with van der Waals surface area (Å²) in [7, 11) is -3.63. The number of benzene rings is 1. The molecule has 148 valence electrons. The lowest BCUT2D eigenvalue weighted by Crippen LogP contribution is -2.32. The topological polar surface area (TPSA) is 116 Å². The first-order valence-electron chi connectivity index (χ1n) is 8.61. The number of fused-ring (bicyclic) bond motifs is 1. The fourth-order valence-electron chi connectivity index (χ4n) is 2.76. The molecule has 8 nitrogen and oxygen atoms in total. The van der Waals surface area contributed by atoms with E-state index >= 15 is 0 Å². The standard InChI is InChI=1S/C17H23N5O3S.ClH/c1-3-11(2)22-26(24,25)13-6-4-5-12(9-13)19-17(23)16-14-10-18-8-7-15(14)20-21-16;/h4-6,9,11,18,22H,3,7-8,10H2,1-2H3,(H,19,23)(H,20,21);1H. The fraction of sp³-hybridized carbons (Fsp3) is 0.412. The number of carbonyl (C=O) groups is 1. The number of rotatable bonds is 6. The van der Waals surface area contributed by atoms with Crippen molar-refractivity contribution >= 4 is 34.0 Å². The highest BCUT2D eigenvalue weighted by molar-refractivity contribution is 7.89. The zero-order valence-corrected chi connectivity index (χ0v) is 16.8. The van der Waals surface area contributed by atoms with E-state index in [1.165, 1.54) is 12.1 Å². The van der Waals surface area contributed by atoms with Crippen LogP contribution in [0.1, 0.15) is 42.0 Å². The van der Waals surface area contributed by atoms with Gasteiger partial charge in [0.1, 0.15) is 0 Å². The third-order valence-electron chi connectivity index (χ3n) is 4.39. The number of aromatic amines is 1. The van der Waals surface area contributed by atoms with Crippen molar-refractivity contribution in [3.8, 4) is 0 Å². The van der Waals surface area contributed by atoms with Crippen molar-refractivity contribution in [2.45, 2.75) is 44.2 Å². The van der Waals surface area contributed by atoms with Crippen molar-refractivity contribution < 1.29 is 13.2 Å². The predicted molar refractivity (Wildman–Crippen MR) is 106 cm³/mol. The molecule has 0 saturated heterocycles. The number of H-pyrrole nitrogens is 1. The van der Waals surface area contributed by atoms with Gasteiger partial charge in [-0.2, -0.15) is 5.10 Å². The first-order chi connectivity index (χ1) is 12.4. The first-order valence-corrected chi connectivity index (χ1v) is 10.1. The second kappa shape index (κ2) is 8.83. The third kappa shape index (κ3) is 4.86. The minimum Gasteiger partial charge on any atom is -0.321 e. The van der Waals surface area contributed by atoms with Gasteiger partial charge in [0.2, 0.25) is 10.0 Å². The molecule has 10 heteroatoms. The van der Waals surface area contributed by atoms with Crippen molar-refractivity contribution in [2.24, 2.45) is 0 Å². The van der Waals surface area contributed by atoms with Crippen LogP contribution in [0.3, 0.4) is 0 Å². The van der Waals surface area contributed by atoms with Crippen molar-refractivity contribution in [1.82, 2.24) is 20.2 Å². The van der Waals surface area contributed by atoms with Gasteiger partial charge in [-0.15, -0.1) is 12.4 Å². The van der Waals surface area contributed by atoms with Gasteiger partial charge in [0.25, 0.3) is 5.91 Å². The van der Waals surface area contributed by atoms with Gasteiger partial charge < -0.3 is 10.6 Å². The Morgan fingerprint density at radius 3 is 2.89 bits per heavy atom. The molecule has 0 bridgehead atoms. The van der Waals surface area contributed by atoms with Gasteiger partial charge in [-0.05, 0) is 31.5 Å². The van der Waals surface area contributed by atoms with Gasteiger partial charge in [-0.1, -0.05) is 13.0 Å². The Balaban J connectivity index is 0.00000261. The molecule has 0 aliphatic carbocycles. The fourth-order valence-corrected chi connectivity index (χ4v) is 4.13. The Morgan fingerprint density at radius 1 is 1.37 bits per heavy atom. The average Bonchev–Trinajstić information content (AvgIpc) is 3.05. The van der Waals surface area contributed by atoms with Crippen LogP contribution in [0.2, 0.25) is 0 Å². The molecule has 1 atom stereocenters. The molecule has 1 amide bonds. The molecule has 0 radical (unpaired) electrons. The molecule has 1 aliphatic heterocycles. The molecule has 4 N–H and O–H groups in total. The maximum atomic E-state index is 12.5. The lowest BCUT2D eigenvalue weighted by Gasteiger charge is -2.14. The Labute approximate surface area is 165 Å². The summed E-state index contributed by atoms with van der Waals surface area (Å²) >= 11 is 0. The van der Waals surface area contributed by atoms with E-state index in [0.29, 0.717) is 24.3 Å². The van der Waals surface area contributed by atoms with Crippen molar-refractivity contribution in [2.75, 3.05) is 11.9 Å². The van der Waals surface area contributed by atoms with Crippen LogP contribution in [0.5, 0.6) is 0 Å². The highest BCUT2D eigenvalue weighted by Gasteiger charge is 2.22. The third-order valence-corrected chi connectivity index (χ3v) is 5.98. The van der Waals surface area contributed by atoms with Crippen molar-refractivity contribution in [3.05, 3.63) is 41.2 Å². The molecule has 2 heterocycles. The maximum absolute atomic E-state index is 12.5. The summed E-state index contributed by atoms with van der Waals surface area (Å²) in [6, 6.07) is 6.03. The molecule has 1 aliphatic rings. The van der Waals surface area contributed by atoms with E-state index in [1.807, 2.05) is 6.92 Å². The lowest BCUT2D eigenvalue weighted by atomic mass is 10.1. The molecule has 2 aromatic rings. The van der Waals surface area contributed by atoms with Crippen LogP contribution in [-0.4, -0.2) is 37.1 Å². The van der Waals surface area contributed by atoms with Crippen LogP contribution >= 0.6 is 12.4 Å². The zero-order chi connectivity index (χ0) is 18.7. The Hall–Kier alpha value is -1.94. The summed E-state index contributed by atoms with van der Waals surface area (Å²) in [4.78, 5) is 12.7. The second-order valence-corrected chi connectivity index (χ2v) is 8.08. The van der Waals surface area contributed by atoms with Crippen LogP contribution in [-0.2, 0) is 23.0 Å². The van der Waals surface area contributed by atoms with Crippen LogP contribution in [0.4, 0.5) is 5.69 Å². The quantitative estimate of drug-likeness (QED) is 0.576. The molecule has 0 spiro atoms. The summed E-state index contributed by atoms with van der Waals surface area (Å²) in [5, 5.41) is 13.0. The van der Waals surface area contributed by atoms with Crippen molar-refractivity contribution in [1.29, 1.82) is 0 Å². The minimum atomic E-state index is -3.63. The number of nitrogens with one attached hydrogen (secondary N) is 4. The average molecular weight is 414 g/mol. The highest BCUT2D eigenvalue weighted by Crippen LogP contribution is 2.19. The molecule has 0 saturated carbocycles. The Morgan fingerprint density at radius 2 is 2.15 bits per heavy atom. The van der Waals surface area contributed by atoms with E-state index in [2.05, 4.69) is 25.6 Å². The normalized spacial score (nSPS) is 14.7. The molecule has 0 fully saturated rings. The Bertz CT molecular complexity index is 913. The van der Waals surface area contributed by atoms with Crippen LogP contribution in [0, 0.1) is 0 Å². The van der Waals surface area contributed by atoms with Gasteiger partial charge >= 0.3 is 0 Å². The SMILES string of the molecule is CCC(C)NS(=O)(=O)c1cccc(NC(=O)c2n[nH]c3c2CNCC3)c1.Cl. The van der Waals surface area contributed by atoms with Crippen LogP contribution < -0.4 is 15.4 Å². The number of nitrogens with zero attached hydrogens (tertiary/aromatic N) is 1. The van der Waals surface area contributed by atoms with E-state index in [-0.39, 0.29) is 29.3 Å². The molecular weight excluding hydrogens is 390 g/mol. The van der Waals surface area contributed by atoms with E-state index in [9.17, 15) is 13.2 Å². The van der Waals surface area contributed by atoms with E-state index in [4.69, 9.17) is 0 Å². The number of anilines is 1. The van der Waals surface area contributed by atoms with Gasteiger partial charge in [0, 0.05) is 42.5 Å². The van der Waals surface area contributed by atoms with Gasteiger partial charge in [-0.25, -0.2) is 13.1 Å². The second-order valence-electron chi connectivity index (χ2n) is 6.37. The van der Waals surface area contributed by atoms with E-state index < -0.39 is 10.0 Å². The number of carbonyl (C=O) groups excluding carboxylic acids is 1. The molecule has 1 aromatic carbocycles. The minimum absolute atomic E-state index is 0. The van der Waals surface area contributed by atoms with E-state index in [0.717, 1.165) is 24.2 Å². The molecule has 1 aromatic heterocycles. The van der Waals surface area contributed by atoms with Gasteiger partial charge in [-0.3, -0.25) is 9.89 Å². The number of sulfonamides is 1. The molecular formula is C17H24ClN5O3S. The predicted octanol–water partition coefficient (Wildman–Crippen LogP) is 1.81. The maximum Gasteiger partial charge on any atom is 0.276 e. The smallest absolute Gasteiger partial charge is 0.276 e. The number of hydrogen-bond donors (Lipinski definition) is 4. The Kier molecular flexibility index (Phi) is 6.99. The summed E-state index contributed by atoms with van der Waals surface area (Å²) in [5.74, 6) is -0.365. The number of halogens is 1. The number of amides is 1.